The molecule has 0 fully saturated rings. The van der Waals surface area contributed by atoms with Crippen LogP contribution < -0.4 is 5.32 Å². The van der Waals surface area contributed by atoms with Crippen molar-refractivity contribution in [2.75, 3.05) is 21.1 Å². The zero-order chi connectivity index (χ0) is 9.84. The van der Waals surface area contributed by atoms with Gasteiger partial charge in [0.1, 0.15) is 11.5 Å². The Bertz CT molecular complexity index is 266. The summed E-state index contributed by atoms with van der Waals surface area (Å²) >= 11 is 0. The zero-order valence-electron chi connectivity index (χ0n) is 8.85. The number of hydrogen-bond donors (Lipinski definition) is 1. The summed E-state index contributed by atoms with van der Waals surface area (Å²) in [5.41, 5.74) is 1.23. The van der Waals surface area contributed by atoms with Crippen molar-refractivity contribution >= 4 is 0 Å². The average molecular weight is 182 g/mol. The van der Waals surface area contributed by atoms with Crippen molar-refractivity contribution in [1.29, 1.82) is 0 Å². The summed E-state index contributed by atoms with van der Waals surface area (Å²) in [5.74, 6) is 2.08. The van der Waals surface area contributed by atoms with Crippen LogP contribution in [0.3, 0.4) is 0 Å². The molecule has 13 heavy (non-hydrogen) atoms. The molecule has 3 nitrogen and oxygen atoms in total. The van der Waals surface area contributed by atoms with Crippen LogP contribution in [0, 0.1) is 6.92 Å². The van der Waals surface area contributed by atoms with E-state index in [9.17, 15) is 0 Å². The molecule has 0 aliphatic rings. The smallest absolute Gasteiger partial charge is 0.120 e. The summed E-state index contributed by atoms with van der Waals surface area (Å²) in [6.45, 7) is 3.75. The van der Waals surface area contributed by atoms with E-state index in [1.165, 1.54) is 5.56 Å². The first-order chi connectivity index (χ1) is 6.13. The van der Waals surface area contributed by atoms with E-state index < -0.39 is 0 Å². The van der Waals surface area contributed by atoms with E-state index in [2.05, 4.69) is 23.2 Å². The van der Waals surface area contributed by atoms with Crippen LogP contribution in [0.1, 0.15) is 17.1 Å². The van der Waals surface area contributed by atoms with Gasteiger partial charge in [-0.15, -0.1) is 0 Å². The molecule has 3 heteroatoms. The predicted molar refractivity (Wildman–Crippen MR) is 53.6 cm³/mol. The van der Waals surface area contributed by atoms with E-state index >= 15 is 0 Å². The maximum Gasteiger partial charge on any atom is 0.120 e. The lowest BCUT2D eigenvalue weighted by Crippen LogP contribution is -2.09. The monoisotopic (exact) mass is 182 g/mol. The van der Waals surface area contributed by atoms with Crippen molar-refractivity contribution in [2.45, 2.75) is 20.0 Å². The van der Waals surface area contributed by atoms with Crippen LogP contribution in [0.2, 0.25) is 0 Å². The minimum absolute atomic E-state index is 0.805. The van der Waals surface area contributed by atoms with Gasteiger partial charge in [-0.05, 0) is 39.7 Å². The van der Waals surface area contributed by atoms with Gasteiger partial charge in [-0.25, -0.2) is 0 Å². The van der Waals surface area contributed by atoms with Gasteiger partial charge in [-0.3, -0.25) is 0 Å². The maximum absolute atomic E-state index is 5.66. The Morgan fingerprint density at radius 3 is 2.69 bits per heavy atom. The molecule has 0 aliphatic carbocycles. The molecule has 0 atom stereocenters. The minimum Gasteiger partial charge on any atom is -0.463 e. The highest BCUT2D eigenvalue weighted by molar-refractivity contribution is 5.19. The molecule has 0 radical (unpaired) electrons. The highest BCUT2D eigenvalue weighted by atomic mass is 16.3. The SMILES string of the molecule is CNCc1oc(CN(C)C)cc1C. The molecule has 1 N–H and O–H groups in total. The predicted octanol–water partition coefficient (Wildman–Crippen LogP) is 1.37. The number of aryl methyl sites for hydroxylation is 1. The Morgan fingerprint density at radius 1 is 1.46 bits per heavy atom. The van der Waals surface area contributed by atoms with Gasteiger partial charge in [-0.2, -0.15) is 0 Å². The van der Waals surface area contributed by atoms with Crippen molar-refractivity contribution < 1.29 is 4.42 Å². The van der Waals surface area contributed by atoms with Gasteiger partial charge in [0.05, 0.1) is 13.1 Å². The zero-order valence-corrected chi connectivity index (χ0v) is 8.85. The van der Waals surface area contributed by atoms with E-state index in [1.807, 2.05) is 21.1 Å². The molecule has 0 aromatic carbocycles. The largest absolute Gasteiger partial charge is 0.463 e. The van der Waals surface area contributed by atoms with Gasteiger partial charge >= 0.3 is 0 Å². The van der Waals surface area contributed by atoms with Crippen LogP contribution >= 0.6 is 0 Å². The Labute approximate surface area is 79.7 Å². The number of rotatable bonds is 4. The molecule has 0 saturated heterocycles. The van der Waals surface area contributed by atoms with Gasteiger partial charge in [0.25, 0.3) is 0 Å². The van der Waals surface area contributed by atoms with Gasteiger partial charge < -0.3 is 14.6 Å². The second-order valence-electron chi connectivity index (χ2n) is 3.59. The minimum atomic E-state index is 0.805. The highest BCUT2D eigenvalue weighted by Gasteiger charge is 2.06. The number of hydrogen-bond acceptors (Lipinski definition) is 3. The van der Waals surface area contributed by atoms with Crippen LogP contribution in [0.5, 0.6) is 0 Å². The summed E-state index contributed by atoms with van der Waals surface area (Å²) in [6.07, 6.45) is 0. The van der Waals surface area contributed by atoms with Gasteiger partial charge in [0.15, 0.2) is 0 Å². The molecule has 1 aromatic rings. The molecule has 0 bridgehead atoms. The maximum atomic E-state index is 5.66. The van der Waals surface area contributed by atoms with Crippen molar-refractivity contribution in [3.8, 4) is 0 Å². The number of furan rings is 1. The van der Waals surface area contributed by atoms with E-state index in [-0.39, 0.29) is 0 Å². The summed E-state index contributed by atoms with van der Waals surface area (Å²) < 4.78 is 5.66. The van der Waals surface area contributed by atoms with Crippen molar-refractivity contribution in [1.82, 2.24) is 10.2 Å². The lowest BCUT2D eigenvalue weighted by molar-refractivity contribution is 0.339. The third-order valence-corrected chi connectivity index (χ3v) is 1.88. The van der Waals surface area contributed by atoms with Crippen molar-refractivity contribution in [3.63, 3.8) is 0 Å². The third-order valence-electron chi connectivity index (χ3n) is 1.88. The van der Waals surface area contributed by atoms with Crippen molar-refractivity contribution in [2.24, 2.45) is 0 Å². The molecule has 74 valence electrons. The summed E-state index contributed by atoms with van der Waals surface area (Å²) in [7, 11) is 6.00. The second-order valence-corrected chi connectivity index (χ2v) is 3.59. The first-order valence-corrected chi connectivity index (χ1v) is 4.51. The molecule has 0 spiro atoms. The fraction of sp³-hybridized carbons (Fsp3) is 0.600. The van der Waals surface area contributed by atoms with Crippen LogP contribution in [-0.4, -0.2) is 26.0 Å². The molecule has 0 saturated carbocycles. The van der Waals surface area contributed by atoms with Crippen molar-refractivity contribution in [3.05, 3.63) is 23.2 Å². The summed E-state index contributed by atoms with van der Waals surface area (Å²) in [5, 5.41) is 3.08. The Morgan fingerprint density at radius 2 is 2.15 bits per heavy atom. The third kappa shape index (κ3) is 2.86. The molecule has 0 unspecified atom stereocenters. The van der Waals surface area contributed by atoms with E-state index in [0.29, 0.717) is 0 Å². The van der Waals surface area contributed by atoms with Crippen LogP contribution in [-0.2, 0) is 13.1 Å². The summed E-state index contributed by atoms with van der Waals surface area (Å²) in [6, 6.07) is 2.10. The van der Waals surface area contributed by atoms with Crippen LogP contribution in [0.25, 0.3) is 0 Å². The van der Waals surface area contributed by atoms with Gasteiger partial charge in [-0.1, -0.05) is 0 Å². The molecule has 1 rings (SSSR count). The summed E-state index contributed by atoms with van der Waals surface area (Å²) in [4.78, 5) is 2.10. The molecule has 1 aromatic heterocycles. The Kier molecular flexibility index (Phi) is 3.51. The van der Waals surface area contributed by atoms with E-state index in [4.69, 9.17) is 4.42 Å². The number of nitrogens with zero attached hydrogens (tertiary/aromatic N) is 1. The normalized spacial score (nSPS) is 11.2. The lowest BCUT2D eigenvalue weighted by atomic mass is 10.2. The average Bonchev–Trinajstić information content (AvgIpc) is 2.31. The molecule has 0 amide bonds. The van der Waals surface area contributed by atoms with E-state index in [1.54, 1.807) is 0 Å². The van der Waals surface area contributed by atoms with Crippen LogP contribution in [0.15, 0.2) is 10.5 Å². The Hall–Kier alpha value is -0.800. The molecular formula is C10H18N2O. The van der Waals surface area contributed by atoms with E-state index in [0.717, 1.165) is 24.6 Å². The fourth-order valence-electron chi connectivity index (χ4n) is 1.32. The first kappa shape index (κ1) is 10.3. The quantitative estimate of drug-likeness (QED) is 0.762. The standard InChI is InChI=1S/C10H18N2O/c1-8-5-9(7-12(3)4)13-10(8)6-11-2/h5,11H,6-7H2,1-4H3. The Balaban J connectivity index is 2.70. The molecule has 0 aliphatic heterocycles. The van der Waals surface area contributed by atoms with Gasteiger partial charge in [0, 0.05) is 0 Å². The molecule has 1 heterocycles. The van der Waals surface area contributed by atoms with Crippen LogP contribution in [0.4, 0.5) is 0 Å². The second kappa shape index (κ2) is 4.44. The topological polar surface area (TPSA) is 28.4 Å². The van der Waals surface area contributed by atoms with Gasteiger partial charge in [0.2, 0.25) is 0 Å². The molecular weight excluding hydrogens is 164 g/mol. The first-order valence-electron chi connectivity index (χ1n) is 4.51. The highest BCUT2D eigenvalue weighted by Crippen LogP contribution is 2.15. The fourth-order valence-corrected chi connectivity index (χ4v) is 1.32. The lowest BCUT2D eigenvalue weighted by Gasteiger charge is -2.05. The number of nitrogens with one attached hydrogen (secondary N) is 1.